The van der Waals surface area contributed by atoms with E-state index in [1.165, 1.54) is 11.1 Å². The van der Waals surface area contributed by atoms with Crippen LogP contribution in [0.2, 0.25) is 0 Å². The Morgan fingerprint density at radius 3 is 2.89 bits per heavy atom. The molecule has 1 unspecified atom stereocenters. The lowest BCUT2D eigenvalue weighted by atomic mass is 10.2. The zero-order valence-electron chi connectivity index (χ0n) is 11.2. The molecular weight excluding hydrogens is 224 g/mol. The molecule has 0 bridgehead atoms. The maximum Gasteiger partial charge on any atom is 0.0560 e. The van der Waals surface area contributed by atoms with Gasteiger partial charge in [0, 0.05) is 30.7 Å². The molecule has 0 aliphatic rings. The summed E-state index contributed by atoms with van der Waals surface area (Å²) >= 11 is 0. The first-order valence-electron chi connectivity index (χ1n) is 6.28. The summed E-state index contributed by atoms with van der Waals surface area (Å²) in [6, 6.07) is 4.47. The molecule has 1 atom stereocenters. The number of nitrogens with zero attached hydrogens (tertiary/aromatic N) is 3. The summed E-state index contributed by atoms with van der Waals surface area (Å²) in [5.74, 6) is 0. The van der Waals surface area contributed by atoms with Crippen molar-refractivity contribution < 1.29 is 0 Å². The first-order chi connectivity index (χ1) is 8.65. The van der Waals surface area contributed by atoms with Crippen molar-refractivity contribution >= 4 is 0 Å². The Morgan fingerprint density at radius 2 is 2.22 bits per heavy atom. The van der Waals surface area contributed by atoms with Crippen LogP contribution in [-0.2, 0) is 13.1 Å². The minimum absolute atomic E-state index is 0.379. The van der Waals surface area contributed by atoms with Gasteiger partial charge in [-0.3, -0.25) is 9.67 Å². The molecular formula is C14H20N4. The van der Waals surface area contributed by atoms with Gasteiger partial charge in [0.2, 0.25) is 0 Å². The highest BCUT2D eigenvalue weighted by molar-refractivity contribution is 5.17. The van der Waals surface area contributed by atoms with Crippen molar-refractivity contribution in [2.45, 2.75) is 39.9 Å². The minimum atomic E-state index is 0.379. The molecule has 0 aliphatic carbocycles. The lowest BCUT2D eigenvalue weighted by Gasteiger charge is -2.14. The molecule has 0 radical (unpaired) electrons. The van der Waals surface area contributed by atoms with Crippen molar-refractivity contribution in [2.24, 2.45) is 0 Å². The predicted octanol–water partition coefficient (Wildman–Crippen LogP) is 2.07. The van der Waals surface area contributed by atoms with Crippen LogP contribution in [0.4, 0.5) is 0 Å². The van der Waals surface area contributed by atoms with Crippen molar-refractivity contribution in [1.29, 1.82) is 0 Å². The molecule has 2 aromatic heterocycles. The Hall–Kier alpha value is -1.68. The SMILES string of the molecule is Cc1cnn(CC(C)NCc2cccnc2C)c1. The second-order valence-corrected chi connectivity index (χ2v) is 4.77. The zero-order chi connectivity index (χ0) is 13.0. The number of hydrogen-bond donors (Lipinski definition) is 1. The van der Waals surface area contributed by atoms with Gasteiger partial charge >= 0.3 is 0 Å². The quantitative estimate of drug-likeness (QED) is 0.875. The maximum atomic E-state index is 4.29. The van der Waals surface area contributed by atoms with Crippen molar-refractivity contribution in [3.63, 3.8) is 0 Å². The molecule has 0 saturated heterocycles. The summed E-state index contributed by atoms with van der Waals surface area (Å²) in [6.45, 7) is 8.00. The van der Waals surface area contributed by atoms with Gasteiger partial charge in [-0.05, 0) is 38.0 Å². The molecule has 2 heterocycles. The second-order valence-electron chi connectivity index (χ2n) is 4.77. The minimum Gasteiger partial charge on any atom is -0.308 e. The molecule has 0 fully saturated rings. The Kier molecular flexibility index (Phi) is 4.10. The highest BCUT2D eigenvalue weighted by Crippen LogP contribution is 2.04. The molecule has 0 amide bonds. The molecule has 4 nitrogen and oxygen atoms in total. The van der Waals surface area contributed by atoms with Gasteiger partial charge in [0.1, 0.15) is 0 Å². The van der Waals surface area contributed by atoms with Crippen molar-refractivity contribution in [3.8, 4) is 0 Å². The fourth-order valence-corrected chi connectivity index (χ4v) is 1.90. The smallest absolute Gasteiger partial charge is 0.0560 e. The van der Waals surface area contributed by atoms with E-state index in [4.69, 9.17) is 0 Å². The summed E-state index contributed by atoms with van der Waals surface area (Å²) in [4.78, 5) is 4.29. The highest BCUT2D eigenvalue weighted by atomic mass is 15.3. The van der Waals surface area contributed by atoms with Gasteiger partial charge in [-0.25, -0.2) is 0 Å². The zero-order valence-corrected chi connectivity index (χ0v) is 11.2. The third kappa shape index (κ3) is 3.40. The van der Waals surface area contributed by atoms with E-state index in [1.54, 1.807) is 0 Å². The summed E-state index contributed by atoms with van der Waals surface area (Å²) in [5, 5.41) is 7.79. The van der Waals surface area contributed by atoms with Gasteiger partial charge < -0.3 is 5.32 Å². The monoisotopic (exact) mass is 244 g/mol. The largest absolute Gasteiger partial charge is 0.308 e. The molecule has 0 saturated carbocycles. The van der Waals surface area contributed by atoms with Crippen LogP contribution in [0, 0.1) is 13.8 Å². The van der Waals surface area contributed by atoms with E-state index in [2.05, 4.69) is 41.5 Å². The number of hydrogen-bond acceptors (Lipinski definition) is 3. The van der Waals surface area contributed by atoms with Crippen LogP contribution in [-0.4, -0.2) is 20.8 Å². The van der Waals surface area contributed by atoms with Crippen molar-refractivity contribution in [2.75, 3.05) is 0 Å². The molecule has 18 heavy (non-hydrogen) atoms. The Morgan fingerprint density at radius 1 is 1.39 bits per heavy atom. The first kappa shape index (κ1) is 12.8. The van der Waals surface area contributed by atoms with Crippen LogP contribution in [0.3, 0.4) is 0 Å². The second kappa shape index (κ2) is 5.78. The average Bonchev–Trinajstić information content (AvgIpc) is 2.74. The van der Waals surface area contributed by atoms with Crippen LogP contribution >= 0.6 is 0 Å². The molecule has 2 rings (SSSR count). The molecule has 96 valence electrons. The van der Waals surface area contributed by atoms with Gasteiger partial charge in [-0.2, -0.15) is 5.10 Å². The lowest BCUT2D eigenvalue weighted by molar-refractivity contribution is 0.450. The molecule has 0 aliphatic heterocycles. The van der Waals surface area contributed by atoms with Crippen LogP contribution in [0.1, 0.15) is 23.7 Å². The van der Waals surface area contributed by atoms with Gasteiger partial charge in [0.05, 0.1) is 12.7 Å². The van der Waals surface area contributed by atoms with Gasteiger partial charge in [0.15, 0.2) is 0 Å². The summed E-state index contributed by atoms with van der Waals surface area (Å²) in [5.41, 5.74) is 3.54. The fourth-order valence-electron chi connectivity index (χ4n) is 1.90. The molecule has 0 spiro atoms. The van der Waals surface area contributed by atoms with Gasteiger partial charge in [0.25, 0.3) is 0 Å². The van der Waals surface area contributed by atoms with Crippen LogP contribution in [0.25, 0.3) is 0 Å². The summed E-state index contributed by atoms with van der Waals surface area (Å²) in [7, 11) is 0. The van der Waals surface area contributed by atoms with Crippen LogP contribution in [0.15, 0.2) is 30.7 Å². The fraction of sp³-hybridized carbons (Fsp3) is 0.429. The van der Waals surface area contributed by atoms with Gasteiger partial charge in [-0.15, -0.1) is 0 Å². The summed E-state index contributed by atoms with van der Waals surface area (Å²) in [6.07, 6.45) is 5.78. The molecule has 4 heteroatoms. The molecule has 0 aromatic carbocycles. The average molecular weight is 244 g/mol. The van der Waals surface area contributed by atoms with E-state index in [0.717, 1.165) is 18.8 Å². The van der Waals surface area contributed by atoms with E-state index < -0.39 is 0 Å². The predicted molar refractivity (Wildman–Crippen MR) is 72.2 cm³/mol. The van der Waals surface area contributed by atoms with E-state index in [9.17, 15) is 0 Å². The Bertz CT molecular complexity index is 504. The van der Waals surface area contributed by atoms with Crippen LogP contribution in [0.5, 0.6) is 0 Å². The maximum absolute atomic E-state index is 4.29. The molecule has 2 aromatic rings. The number of nitrogens with one attached hydrogen (secondary N) is 1. The van der Waals surface area contributed by atoms with E-state index in [1.807, 2.05) is 30.1 Å². The Balaban J connectivity index is 1.85. The normalized spacial score (nSPS) is 12.6. The number of pyridine rings is 1. The van der Waals surface area contributed by atoms with E-state index >= 15 is 0 Å². The number of rotatable bonds is 5. The summed E-state index contributed by atoms with van der Waals surface area (Å²) < 4.78 is 1.98. The first-order valence-corrected chi connectivity index (χ1v) is 6.28. The van der Waals surface area contributed by atoms with E-state index in [-0.39, 0.29) is 0 Å². The van der Waals surface area contributed by atoms with Gasteiger partial charge in [-0.1, -0.05) is 6.07 Å². The lowest BCUT2D eigenvalue weighted by Crippen LogP contribution is -2.30. The van der Waals surface area contributed by atoms with Crippen molar-refractivity contribution in [1.82, 2.24) is 20.1 Å². The third-order valence-corrected chi connectivity index (χ3v) is 2.98. The van der Waals surface area contributed by atoms with E-state index in [0.29, 0.717) is 6.04 Å². The Labute approximate surface area is 108 Å². The number of aromatic nitrogens is 3. The molecule has 1 N–H and O–H groups in total. The highest BCUT2D eigenvalue weighted by Gasteiger charge is 2.05. The van der Waals surface area contributed by atoms with Crippen molar-refractivity contribution in [3.05, 3.63) is 47.5 Å². The number of aryl methyl sites for hydroxylation is 2. The van der Waals surface area contributed by atoms with Crippen LogP contribution < -0.4 is 5.32 Å². The third-order valence-electron chi connectivity index (χ3n) is 2.98. The topological polar surface area (TPSA) is 42.7 Å². The standard InChI is InChI=1S/C14H20N4/c1-11-7-17-18(9-11)10-12(2)16-8-14-5-4-6-15-13(14)3/h4-7,9,12,16H,8,10H2,1-3H3.